The third kappa shape index (κ3) is 3.57. The number of benzene rings is 1. The summed E-state index contributed by atoms with van der Waals surface area (Å²) in [5.74, 6) is -0.211. The van der Waals surface area contributed by atoms with Gasteiger partial charge >= 0.3 is 0 Å². The van der Waals surface area contributed by atoms with Crippen molar-refractivity contribution in [2.75, 3.05) is 6.54 Å². The summed E-state index contributed by atoms with van der Waals surface area (Å²) in [5, 5.41) is 3.75. The second kappa shape index (κ2) is 6.96. The van der Waals surface area contributed by atoms with Crippen molar-refractivity contribution < 1.29 is 4.79 Å². The van der Waals surface area contributed by atoms with Gasteiger partial charge in [-0.3, -0.25) is 4.79 Å². The number of carbonyl (C=O) groups excluding carboxylic acids is 1. The Labute approximate surface area is 133 Å². The molecule has 0 radical (unpaired) electrons. The van der Waals surface area contributed by atoms with E-state index >= 15 is 0 Å². The summed E-state index contributed by atoms with van der Waals surface area (Å²) >= 11 is 5.43. The molecule has 2 rings (SSSR count). The molecular weight excluding hydrogens is 336 g/mol. The first-order chi connectivity index (χ1) is 9.57. The Morgan fingerprint density at radius 3 is 2.95 bits per heavy atom. The van der Waals surface area contributed by atoms with E-state index in [2.05, 4.69) is 33.4 Å². The third-order valence-corrected chi connectivity index (χ3v) is 6.12. The lowest BCUT2D eigenvalue weighted by molar-refractivity contribution is -0.125. The van der Waals surface area contributed by atoms with Crippen LogP contribution in [0.2, 0.25) is 0 Å². The van der Waals surface area contributed by atoms with Crippen molar-refractivity contribution in [3.63, 3.8) is 0 Å². The number of nitrogens with one attached hydrogen (secondary N) is 1. The third-order valence-electron chi connectivity index (χ3n) is 3.82. The van der Waals surface area contributed by atoms with Gasteiger partial charge in [-0.1, -0.05) is 19.1 Å². The average Bonchev–Trinajstić information content (AvgIpc) is 2.42. The standard InChI is InChI=1S/C15H21BrN2OS/c1-2-18-15(14(17)19)9-5-6-11(10-15)20-13-8-4-3-7-12(13)16/h3-4,7-8,11,18H,2,5-6,9-10H2,1H3,(H2,17,19). The number of thioether (sulfide) groups is 1. The lowest BCUT2D eigenvalue weighted by Gasteiger charge is -2.39. The molecule has 0 spiro atoms. The maximum atomic E-state index is 11.9. The molecule has 2 unspecified atom stereocenters. The fourth-order valence-electron chi connectivity index (χ4n) is 2.85. The summed E-state index contributed by atoms with van der Waals surface area (Å²) in [6.45, 7) is 2.80. The number of likely N-dealkylation sites (N-methyl/N-ethyl adjacent to an activating group) is 1. The minimum atomic E-state index is -0.522. The highest BCUT2D eigenvalue weighted by Gasteiger charge is 2.40. The van der Waals surface area contributed by atoms with Crippen LogP contribution in [0.15, 0.2) is 33.6 Å². The second-order valence-electron chi connectivity index (χ2n) is 5.24. The zero-order valence-corrected chi connectivity index (χ0v) is 14.1. The van der Waals surface area contributed by atoms with Gasteiger partial charge in [0, 0.05) is 14.6 Å². The predicted octanol–water partition coefficient (Wildman–Crippen LogP) is 3.32. The summed E-state index contributed by atoms with van der Waals surface area (Å²) in [6.07, 6.45) is 3.83. The molecule has 20 heavy (non-hydrogen) atoms. The highest BCUT2D eigenvalue weighted by molar-refractivity contribution is 9.10. The van der Waals surface area contributed by atoms with Crippen LogP contribution in [0.4, 0.5) is 0 Å². The largest absolute Gasteiger partial charge is 0.368 e. The maximum absolute atomic E-state index is 11.9. The van der Waals surface area contributed by atoms with Crippen molar-refractivity contribution in [2.24, 2.45) is 5.73 Å². The Morgan fingerprint density at radius 1 is 1.55 bits per heavy atom. The molecule has 3 N–H and O–H groups in total. The second-order valence-corrected chi connectivity index (χ2v) is 7.44. The first kappa shape index (κ1) is 15.9. The van der Waals surface area contributed by atoms with E-state index in [1.54, 1.807) is 0 Å². The summed E-state index contributed by atoms with van der Waals surface area (Å²) < 4.78 is 1.11. The van der Waals surface area contributed by atoms with Crippen LogP contribution >= 0.6 is 27.7 Å². The Bertz CT molecular complexity index is 479. The van der Waals surface area contributed by atoms with Gasteiger partial charge in [0.05, 0.1) is 5.54 Å². The molecular formula is C15H21BrN2OS. The van der Waals surface area contributed by atoms with Crippen LogP contribution in [-0.2, 0) is 4.79 Å². The van der Waals surface area contributed by atoms with Crippen molar-refractivity contribution in [1.29, 1.82) is 0 Å². The first-order valence-corrected chi connectivity index (χ1v) is 8.71. The predicted molar refractivity (Wildman–Crippen MR) is 87.9 cm³/mol. The average molecular weight is 357 g/mol. The molecule has 1 aliphatic rings. The van der Waals surface area contributed by atoms with E-state index < -0.39 is 5.54 Å². The molecule has 3 nitrogen and oxygen atoms in total. The van der Waals surface area contributed by atoms with Gasteiger partial charge in [-0.25, -0.2) is 0 Å². The monoisotopic (exact) mass is 356 g/mol. The minimum Gasteiger partial charge on any atom is -0.368 e. The molecule has 0 aromatic heterocycles. The number of hydrogen-bond acceptors (Lipinski definition) is 3. The molecule has 0 aliphatic heterocycles. The van der Waals surface area contributed by atoms with E-state index in [9.17, 15) is 4.79 Å². The molecule has 1 fully saturated rings. The molecule has 1 aromatic rings. The Hall–Kier alpha value is -0.520. The van der Waals surface area contributed by atoms with E-state index in [4.69, 9.17) is 5.73 Å². The Morgan fingerprint density at radius 2 is 2.30 bits per heavy atom. The Balaban J connectivity index is 2.10. The lowest BCUT2D eigenvalue weighted by Crippen LogP contribution is -2.58. The Kier molecular flexibility index (Phi) is 5.52. The van der Waals surface area contributed by atoms with Crippen molar-refractivity contribution >= 4 is 33.6 Å². The van der Waals surface area contributed by atoms with Gasteiger partial charge < -0.3 is 11.1 Å². The highest BCUT2D eigenvalue weighted by Crippen LogP contribution is 2.40. The van der Waals surface area contributed by atoms with E-state index in [-0.39, 0.29) is 5.91 Å². The van der Waals surface area contributed by atoms with Crippen molar-refractivity contribution in [3.05, 3.63) is 28.7 Å². The van der Waals surface area contributed by atoms with Gasteiger partial charge in [-0.05, 0) is 60.3 Å². The SMILES string of the molecule is CCNC1(C(N)=O)CCCC(Sc2ccccc2Br)C1. The molecule has 1 saturated carbocycles. The van der Waals surface area contributed by atoms with Gasteiger partial charge in [-0.2, -0.15) is 0 Å². The van der Waals surface area contributed by atoms with Crippen LogP contribution in [0, 0.1) is 0 Å². The van der Waals surface area contributed by atoms with Gasteiger partial charge in [0.2, 0.25) is 5.91 Å². The zero-order chi connectivity index (χ0) is 14.6. The fraction of sp³-hybridized carbons (Fsp3) is 0.533. The normalized spacial score (nSPS) is 26.4. The van der Waals surface area contributed by atoms with Crippen LogP contribution in [0.1, 0.15) is 32.6 Å². The number of rotatable bonds is 5. The van der Waals surface area contributed by atoms with E-state index in [1.165, 1.54) is 4.90 Å². The maximum Gasteiger partial charge on any atom is 0.237 e. The van der Waals surface area contributed by atoms with Gasteiger partial charge in [0.1, 0.15) is 0 Å². The zero-order valence-electron chi connectivity index (χ0n) is 11.7. The minimum absolute atomic E-state index is 0.211. The quantitative estimate of drug-likeness (QED) is 0.850. The van der Waals surface area contributed by atoms with Crippen LogP contribution in [0.25, 0.3) is 0 Å². The van der Waals surface area contributed by atoms with Crippen LogP contribution < -0.4 is 11.1 Å². The highest BCUT2D eigenvalue weighted by atomic mass is 79.9. The molecule has 0 saturated heterocycles. The summed E-state index contributed by atoms with van der Waals surface area (Å²) in [4.78, 5) is 13.1. The number of amides is 1. The molecule has 110 valence electrons. The van der Waals surface area contributed by atoms with Crippen LogP contribution in [-0.4, -0.2) is 23.2 Å². The van der Waals surface area contributed by atoms with Crippen molar-refractivity contribution in [2.45, 2.75) is 48.3 Å². The fourth-order valence-corrected chi connectivity index (χ4v) is 4.77. The number of hydrogen-bond donors (Lipinski definition) is 2. The number of carbonyl (C=O) groups is 1. The number of halogens is 1. The molecule has 1 aromatic carbocycles. The van der Waals surface area contributed by atoms with Crippen molar-refractivity contribution in [1.82, 2.24) is 5.32 Å². The van der Waals surface area contributed by atoms with Crippen LogP contribution in [0.3, 0.4) is 0 Å². The van der Waals surface area contributed by atoms with Crippen LogP contribution in [0.5, 0.6) is 0 Å². The number of nitrogens with two attached hydrogens (primary N) is 1. The van der Waals surface area contributed by atoms with E-state index in [0.717, 1.165) is 36.7 Å². The smallest absolute Gasteiger partial charge is 0.237 e. The molecule has 2 atom stereocenters. The lowest BCUT2D eigenvalue weighted by atomic mass is 9.80. The molecule has 0 heterocycles. The van der Waals surface area contributed by atoms with E-state index in [0.29, 0.717) is 5.25 Å². The number of primary amides is 1. The van der Waals surface area contributed by atoms with Gasteiger partial charge in [-0.15, -0.1) is 11.8 Å². The molecule has 5 heteroatoms. The first-order valence-electron chi connectivity index (χ1n) is 7.03. The summed E-state index contributed by atoms with van der Waals surface area (Å²) in [7, 11) is 0. The summed E-state index contributed by atoms with van der Waals surface area (Å²) in [6, 6.07) is 8.22. The molecule has 0 bridgehead atoms. The summed E-state index contributed by atoms with van der Waals surface area (Å²) in [5.41, 5.74) is 5.13. The van der Waals surface area contributed by atoms with E-state index in [1.807, 2.05) is 30.8 Å². The van der Waals surface area contributed by atoms with Gasteiger partial charge in [0.15, 0.2) is 0 Å². The topological polar surface area (TPSA) is 55.1 Å². The van der Waals surface area contributed by atoms with Gasteiger partial charge in [0.25, 0.3) is 0 Å². The molecule has 1 aliphatic carbocycles. The van der Waals surface area contributed by atoms with Crippen molar-refractivity contribution in [3.8, 4) is 0 Å². The molecule has 1 amide bonds.